The van der Waals surface area contributed by atoms with Crippen LogP contribution in [-0.2, 0) is 4.79 Å². The van der Waals surface area contributed by atoms with Crippen molar-refractivity contribution in [3.63, 3.8) is 0 Å². The van der Waals surface area contributed by atoms with Crippen molar-refractivity contribution in [2.75, 3.05) is 31.9 Å². The molecule has 0 aromatic rings. The average Bonchev–Trinajstić information content (AvgIpc) is 2.40. The number of urea groups is 1. The maximum absolute atomic E-state index is 11.9. The van der Waals surface area contributed by atoms with Crippen LogP contribution >= 0.6 is 11.8 Å². The number of hydrogen-bond donors (Lipinski definition) is 2. The van der Waals surface area contributed by atoms with Gasteiger partial charge in [-0.2, -0.15) is 13.2 Å². The highest BCUT2D eigenvalue weighted by Crippen LogP contribution is 2.29. The lowest BCUT2D eigenvalue weighted by Gasteiger charge is -2.32. The van der Waals surface area contributed by atoms with Gasteiger partial charge in [-0.3, -0.25) is 4.79 Å². The molecular weight excluding hydrogens is 307 g/mol. The molecule has 0 saturated carbocycles. The Balaban J connectivity index is 2.15. The summed E-state index contributed by atoms with van der Waals surface area (Å²) in [5.41, 5.74) is -4.26. The van der Waals surface area contributed by atoms with Gasteiger partial charge < -0.3 is 15.5 Å². The normalized spacial score (nSPS) is 16.7. The zero-order valence-corrected chi connectivity index (χ0v) is 12.6. The molecule has 0 aromatic carbocycles. The van der Waals surface area contributed by atoms with E-state index in [0.717, 1.165) is 12.8 Å². The number of amides is 3. The Morgan fingerprint density at radius 1 is 1.24 bits per heavy atom. The summed E-state index contributed by atoms with van der Waals surface area (Å²) in [7, 11) is 0. The highest BCUT2D eigenvalue weighted by Gasteiger charge is 2.28. The topological polar surface area (TPSA) is 61.4 Å². The van der Waals surface area contributed by atoms with Crippen molar-refractivity contribution in [2.24, 2.45) is 5.92 Å². The maximum Gasteiger partial charge on any atom is 0.441 e. The molecule has 1 fully saturated rings. The average molecular weight is 327 g/mol. The summed E-state index contributed by atoms with van der Waals surface area (Å²) >= 11 is -0.142. The Morgan fingerprint density at radius 3 is 2.38 bits per heavy atom. The smallest absolute Gasteiger partial charge is 0.356 e. The van der Waals surface area contributed by atoms with E-state index in [-0.39, 0.29) is 36.0 Å². The van der Waals surface area contributed by atoms with Crippen LogP contribution in [0.1, 0.15) is 19.8 Å². The van der Waals surface area contributed by atoms with Crippen molar-refractivity contribution in [3.05, 3.63) is 0 Å². The van der Waals surface area contributed by atoms with Gasteiger partial charge in [-0.1, -0.05) is 0 Å². The van der Waals surface area contributed by atoms with E-state index in [1.165, 1.54) is 6.92 Å². The number of carbonyl (C=O) groups excluding carboxylic acids is 2. The molecule has 0 bridgehead atoms. The Morgan fingerprint density at radius 2 is 1.86 bits per heavy atom. The summed E-state index contributed by atoms with van der Waals surface area (Å²) in [5.74, 6) is 0.0879. The van der Waals surface area contributed by atoms with Gasteiger partial charge in [0.15, 0.2) is 0 Å². The zero-order valence-electron chi connectivity index (χ0n) is 11.8. The highest BCUT2D eigenvalue weighted by atomic mass is 32.2. The summed E-state index contributed by atoms with van der Waals surface area (Å²) < 4.78 is 35.8. The van der Waals surface area contributed by atoms with Gasteiger partial charge in [-0.05, 0) is 30.5 Å². The lowest BCUT2D eigenvalue weighted by Crippen LogP contribution is -2.46. The molecule has 9 heteroatoms. The first-order valence-electron chi connectivity index (χ1n) is 6.76. The molecule has 1 heterocycles. The van der Waals surface area contributed by atoms with Crippen molar-refractivity contribution >= 4 is 23.7 Å². The molecule has 122 valence electrons. The zero-order chi connectivity index (χ0) is 15.9. The van der Waals surface area contributed by atoms with E-state index in [0.29, 0.717) is 25.6 Å². The summed E-state index contributed by atoms with van der Waals surface area (Å²) in [6.07, 6.45) is 1.57. The van der Waals surface area contributed by atoms with Crippen LogP contribution in [-0.4, -0.2) is 54.3 Å². The lowest BCUT2D eigenvalue weighted by atomic mass is 9.97. The number of rotatable bonds is 5. The highest BCUT2D eigenvalue weighted by molar-refractivity contribution is 8.00. The maximum atomic E-state index is 11.9. The van der Waals surface area contributed by atoms with E-state index in [9.17, 15) is 22.8 Å². The van der Waals surface area contributed by atoms with Gasteiger partial charge in [0.1, 0.15) is 0 Å². The number of alkyl halides is 3. The van der Waals surface area contributed by atoms with E-state index >= 15 is 0 Å². The van der Waals surface area contributed by atoms with Crippen LogP contribution in [0.3, 0.4) is 0 Å². The fraction of sp³-hybridized carbons (Fsp3) is 0.833. The molecular formula is C12H20F3N3O2S. The summed E-state index contributed by atoms with van der Waals surface area (Å²) in [6.45, 7) is 3.17. The van der Waals surface area contributed by atoms with Crippen LogP contribution in [0.25, 0.3) is 0 Å². The number of halogens is 3. The number of nitrogens with one attached hydrogen (secondary N) is 2. The fourth-order valence-electron chi connectivity index (χ4n) is 2.06. The predicted molar refractivity (Wildman–Crippen MR) is 74.9 cm³/mol. The third-order valence-corrected chi connectivity index (χ3v) is 3.92. The van der Waals surface area contributed by atoms with Crippen molar-refractivity contribution in [2.45, 2.75) is 25.3 Å². The monoisotopic (exact) mass is 327 g/mol. The van der Waals surface area contributed by atoms with Crippen LogP contribution in [0.2, 0.25) is 0 Å². The molecule has 3 amide bonds. The van der Waals surface area contributed by atoms with Gasteiger partial charge in [-0.25, -0.2) is 4.79 Å². The van der Waals surface area contributed by atoms with Gasteiger partial charge in [0, 0.05) is 38.9 Å². The fourth-order valence-corrected chi connectivity index (χ4v) is 2.50. The molecule has 0 aromatic heterocycles. The molecule has 1 aliphatic heterocycles. The molecule has 0 spiro atoms. The van der Waals surface area contributed by atoms with Crippen LogP contribution in [0.15, 0.2) is 0 Å². The van der Waals surface area contributed by atoms with Gasteiger partial charge in [0.05, 0.1) is 0 Å². The quantitative estimate of drug-likeness (QED) is 0.757. The first-order valence-corrected chi connectivity index (χ1v) is 7.74. The molecule has 1 aliphatic rings. The number of hydrogen-bond acceptors (Lipinski definition) is 3. The number of nitrogens with zero attached hydrogens (tertiary/aromatic N) is 1. The van der Waals surface area contributed by atoms with Crippen LogP contribution in [0.5, 0.6) is 0 Å². The third kappa shape index (κ3) is 8.03. The van der Waals surface area contributed by atoms with Crippen molar-refractivity contribution in [1.29, 1.82) is 0 Å². The van der Waals surface area contributed by atoms with E-state index < -0.39 is 5.51 Å². The number of piperidine rings is 1. The van der Waals surface area contributed by atoms with Gasteiger partial charge >= 0.3 is 11.5 Å². The van der Waals surface area contributed by atoms with E-state index in [2.05, 4.69) is 10.6 Å². The Bertz CT molecular complexity index is 358. The minimum absolute atomic E-state index is 0.00513. The van der Waals surface area contributed by atoms with Crippen molar-refractivity contribution in [1.82, 2.24) is 15.5 Å². The second-order valence-corrected chi connectivity index (χ2v) is 6.05. The molecule has 0 atom stereocenters. The summed E-state index contributed by atoms with van der Waals surface area (Å²) in [4.78, 5) is 24.2. The Labute approximate surface area is 126 Å². The van der Waals surface area contributed by atoms with Crippen molar-refractivity contribution in [3.8, 4) is 0 Å². The molecule has 1 saturated heterocycles. The summed E-state index contributed by atoms with van der Waals surface area (Å²) in [5, 5.41) is 5.23. The Hall–Kier alpha value is -1.12. The van der Waals surface area contributed by atoms with Crippen LogP contribution in [0, 0.1) is 5.92 Å². The minimum atomic E-state index is -4.26. The second-order valence-electron chi connectivity index (χ2n) is 4.89. The van der Waals surface area contributed by atoms with Gasteiger partial charge in [-0.15, -0.1) is 0 Å². The van der Waals surface area contributed by atoms with E-state index in [4.69, 9.17) is 0 Å². The standard InChI is InChI=1S/C12H20F3N3O2S/c1-9(19)17-8-10-2-5-18(6-3-10)11(20)16-4-7-21-12(13,14)15/h10H,2-8H2,1H3,(H,16,20)(H,17,19). The van der Waals surface area contributed by atoms with Crippen LogP contribution < -0.4 is 10.6 Å². The first-order chi connectivity index (χ1) is 9.78. The van der Waals surface area contributed by atoms with Gasteiger partial charge in [0.25, 0.3) is 0 Å². The van der Waals surface area contributed by atoms with Crippen LogP contribution in [0.4, 0.5) is 18.0 Å². The largest absolute Gasteiger partial charge is 0.441 e. The molecule has 2 N–H and O–H groups in total. The summed E-state index contributed by atoms with van der Waals surface area (Å²) in [6, 6.07) is -0.323. The molecule has 1 rings (SSSR count). The van der Waals surface area contributed by atoms with E-state index in [1.807, 2.05) is 0 Å². The van der Waals surface area contributed by atoms with E-state index in [1.54, 1.807) is 4.90 Å². The first kappa shape index (κ1) is 17.9. The number of thioether (sulfide) groups is 1. The Kier molecular flexibility index (Phi) is 7.13. The third-order valence-electron chi connectivity index (χ3n) is 3.19. The molecule has 0 aliphatic carbocycles. The van der Waals surface area contributed by atoms with Gasteiger partial charge in [0.2, 0.25) is 5.91 Å². The number of carbonyl (C=O) groups is 2. The van der Waals surface area contributed by atoms with Crippen molar-refractivity contribution < 1.29 is 22.8 Å². The molecule has 21 heavy (non-hydrogen) atoms. The minimum Gasteiger partial charge on any atom is -0.356 e. The SMILES string of the molecule is CC(=O)NCC1CCN(C(=O)NCCSC(F)(F)F)CC1. The molecule has 5 nitrogen and oxygen atoms in total. The lowest BCUT2D eigenvalue weighted by molar-refractivity contribution is -0.119. The second kappa shape index (κ2) is 8.35. The number of likely N-dealkylation sites (tertiary alicyclic amines) is 1. The predicted octanol–water partition coefficient (Wildman–Crippen LogP) is 1.80. The molecule has 0 radical (unpaired) electrons. The molecule has 0 unspecified atom stereocenters.